The second-order valence-electron chi connectivity index (χ2n) is 7.18. The van der Waals surface area contributed by atoms with E-state index in [4.69, 9.17) is 4.74 Å². The van der Waals surface area contributed by atoms with Gasteiger partial charge in [0.15, 0.2) is 5.78 Å². The number of amides is 2. The predicted molar refractivity (Wildman–Crippen MR) is 117 cm³/mol. The van der Waals surface area contributed by atoms with Crippen molar-refractivity contribution in [1.29, 1.82) is 0 Å². The van der Waals surface area contributed by atoms with Gasteiger partial charge in [-0.1, -0.05) is 54.6 Å². The van der Waals surface area contributed by atoms with Gasteiger partial charge in [-0.05, 0) is 24.3 Å². The standard InChI is InChI=1S/C25H22N2O4/c28-23(18-7-2-1-3-8-18)21-11-4-5-12-22(21)24(29)26-20-10-6-9-19(17-20)25(30)27-13-15-31-16-14-27/h1-12,17H,13-16H2,(H,26,29). The Morgan fingerprint density at radius 2 is 1.39 bits per heavy atom. The molecule has 1 N–H and O–H groups in total. The summed E-state index contributed by atoms with van der Waals surface area (Å²) in [6.07, 6.45) is 0. The molecule has 2 amide bonds. The number of nitrogens with zero attached hydrogens (tertiary/aromatic N) is 1. The lowest BCUT2D eigenvalue weighted by Gasteiger charge is -2.27. The van der Waals surface area contributed by atoms with Crippen molar-refractivity contribution in [3.05, 3.63) is 101 Å². The molecule has 6 nitrogen and oxygen atoms in total. The highest BCUT2D eigenvalue weighted by atomic mass is 16.5. The largest absolute Gasteiger partial charge is 0.378 e. The number of morpholine rings is 1. The maximum atomic E-state index is 13.0. The van der Waals surface area contributed by atoms with Crippen molar-refractivity contribution in [3.63, 3.8) is 0 Å². The summed E-state index contributed by atoms with van der Waals surface area (Å²) in [5.74, 6) is -0.725. The van der Waals surface area contributed by atoms with Gasteiger partial charge in [0.2, 0.25) is 0 Å². The van der Waals surface area contributed by atoms with Crippen molar-refractivity contribution in [2.45, 2.75) is 0 Å². The number of rotatable bonds is 5. The molecular weight excluding hydrogens is 392 g/mol. The monoisotopic (exact) mass is 414 g/mol. The van der Waals surface area contributed by atoms with E-state index < -0.39 is 5.91 Å². The van der Waals surface area contributed by atoms with Crippen molar-refractivity contribution in [1.82, 2.24) is 4.90 Å². The van der Waals surface area contributed by atoms with Crippen LogP contribution in [0.1, 0.15) is 36.6 Å². The molecule has 0 aromatic heterocycles. The summed E-state index contributed by atoms with van der Waals surface area (Å²) in [7, 11) is 0. The average Bonchev–Trinajstić information content (AvgIpc) is 2.84. The van der Waals surface area contributed by atoms with Gasteiger partial charge in [-0.3, -0.25) is 14.4 Å². The van der Waals surface area contributed by atoms with Crippen LogP contribution < -0.4 is 5.32 Å². The Balaban J connectivity index is 1.54. The number of nitrogens with one attached hydrogen (secondary N) is 1. The van der Waals surface area contributed by atoms with Gasteiger partial charge in [-0.15, -0.1) is 0 Å². The molecule has 0 radical (unpaired) electrons. The Hall–Kier alpha value is -3.77. The summed E-state index contributed by atoms with van der Waals surface area (Å²) in [6.45, 7) is 2.14. The SMILES string of the molecule is O=C(Nc1cccc(C(=O)N2CCOCC2)c1)c1ccccc1C(=O)c1ccccc1. The lowest BCUT2D eigenvalue weighted by molar-refractivity contribution is 0.0303. The molecule has 0 unspecified atom stereocenters. The van der Waals surface area contributed by atoms with Crippen LogP contribution in [0.2, 0.25) is 0 Å². The topological polar surface area (TPSA) is 75.7 Å². The highest BCUT2D eigenvalue weighted by Crippen LogP contribution is 2.18. The molecule has 3 aromatic rings. The molecule has 3 aromatic carbocycles. The number of hydrogen-bond acceptors (Lipinski definition) is 4. The highest BCUT2D eigenvalue weighted by Gasteiger charge is 2.20. The van der Waals surface area contributed by atoms with E-state index in [9.17, 15) is 14.4 Å². The number of anilines is 1. The number of ketones is 1. The van der Waals surface area contributed by atoms with E-state index in [1.165, 1.54) is 0 Å². The molecule has 156 valence electrons. The summed E-state index contributed by atoms with van der Waals surface area (Å²) in [5.41, 5.74) is 2.10. The zero-order valence-corrected chi connectivity index (χ0v) is 16.9. The van der Waals surface area contributed by atoms with Crippen LogP contribution in [0, 0.1) is 0 Å². The van der Waals surface area contributed by atoms with Crippen LogP contribution >= 0.6 is 0 Å². The van der Waals surface area contributed by atoms with Crippen molar-refractivity contribution >= 4 is 23.3 Å². The molecule has 0 spiro atoms. The van der Waals surface area contributed by atoms with E-state index in [-0.39, 0.29) is 17.3 Å². The van der Waals surface area contributed by atoms with Gasteiger partial charge in [-0.25, -0.2) is 0 Å². The highest BCUT2D eigenvalue weighted by molar-refractivity contribution is 6.17. The number of carbonyl (C=O) groups is 3. The molecule has 0 bridgehead atoms. The lowest BCUT2D eigenvalue weighted by atomic mass is 9.98. The normalized spacial score (nSPS) is 13.5. The lowest BCUT2D eigenvalue weighted by Crippen LogP contribution is -2.40. The second-order valence-corrected chi connectivity index (χ2v) is 7.18. The van der Waals surface area contributed by atoms with E-state index in [0.717, 1.165) is 0 Å². The fraction of sp³-hybridized carbons (Fsp3) is 0.160. The number of ether oxygens (including phenoxy) is 1. The molecule has 0 aliphatic carbocycles. The second kappa shape index (κ2) is 9.36. The molecule has 31 heavy (non-hydrogen) atoms. The van der Waals surface area contributed by atoms with E-state index in [1.807, 2.05) is 6.07 Å². The molecule has 1 fully saturated rings. The fourth-order valence-corrected chi connectivity index (χ4v) is 3.50. The van der Waals surface area contributed by atoms with Gasteiger partial charge in [0.25, 0.3) is 11.8 Å². The predicted octanol–water partition coefficient (Wildman–Crippen LogP) is 3.64. The van der Waals surface area contributed by atoms with Gasteiger partial charge in [0, 0.05) is 35.5 Å². The smallest absolute Gasteiger partial charge is 0.256 e. The molecule has 1 heterocycles. The molecule has 1 aliphatic heterocycles. The van der Waals surface area contributed by atoms with Crippen LogP contribution in [0.3, 0.4) is 0 Å². The Labute approximate surface area is 180 Å². The van der Waals surface area contributed by atoms with Gasteiger partial charge in [-0.2, -0.15) is 0 Å². The molecule has 0 atom stereocenters. The Morgan fingerprint density at radius 3 is 2.13 bits per heavy atom. The van der Waals surface area contributed by atoms with Gasteiger partial charge >= 0.3 is 0 Å². The first kappa shape index (κ1) is 20.5. The third kappa shape index (κ3) is 4.70. The molecular formula is C25H22N2O4. The minimum Gasteiger partial charge on any atom is -0.378 e. The van der Waals surface area contributed by atoms with Crippen LogP contribution in [0.5, 0.6) is 0 Å². The molecule has 0 saturated carbocycles. The third-order valence-corrected chi connectivity index (χ3v) is 5.12. The van der Waals surface area contributed by atoms with Gasteiger partial charge < -0.3 is 15.0 Å². The first-order valence-electron chi connectivity index (χ1n) is 10.1. The zero-order valence-electron chi connectivity index (χ0n) is 16.9. The van der Waals surface area contributed by atoms with Gasteiger partial charge in [0.05, 0.1) is 18.8 Å². The van der Waals surface area contributed by atoms with Crippen molar-refractivity contribution in [3.8, 4) is 0 Å². The zero-order chi connectivity index (χ0) is 21.6. The van der Waals surface area contributed by atoms with Gasteiger partial charge in [0.1, 0.15) is 0 Å². The number of carbonyl (C=O) groups excluding carboxylic acids is 3. The van der Waals surface area contributed by atoms with Crippen LogP contribution in [0.25, 0.3) is 0 Å². The van der Waals surface area contributed by atoms with Crippen molar-refractivity contribution in [2.24, 2.45) is 0 Å². The summed E-state index contributed by atoms with van der Waals surface area (Å²) in [5, 5.41) is 2.82. The molecule has 4 rings (SSSR count). The van der Waals surface area contributed by atoms with Crippen LogP contribution in [0.4, 0.5) is 5.69 Å². The summed E-state index contributed by atoms with van der Waals surface area (Å²) < 4.78 is 5.30. The Morgan fingerprint density at radius 1 is 0.742 bits per heavy atom. The minimum absolute atomic E-state index is 0.0981. The maximum absolute atomic E-state index is 13.0. The minimum atomic E-state index is -0.407. The quantitative estimate of drug-likeness (QED) is 0.647. The number of benzene rings is 3. The maximum Gasteiger partial charge on any atom is 0.256 e. The summed E-state index contributed by atoms with van der Waals surface area (Å²) >= 11 is 0. The van der Waals surface area contributed by atoms with Crippen LogP contribution in [-0.2, 0) is 4.74 Å². The Bertz CT molecular complexity index is 1110. The van der Waals surface area contributed by atoms with E-state index in [2.05, 4.69) is 5.32 Å². The average molecular weight is 414 g/mol. The fourth-order valence-electron chi connectivity index (χ4n) is 3.50. The first-order valence-corrected chi connectivity index (χ1v) is 10.1. The summed E-state index contributed by atoms with van der Waals surface area (Å²) in [6, 6.07) is 22.4. The third-order valence-electron chi connectivity index (χ3n) is 5.12. The van der Waals surface area contributed by atoms with Crippen molar-refractivity contribution < 1.29 is 19.1 Å². The van der Waals surface area contributed by atoms with E-state index in [1.54, 1.807) is 77.7 Å². The first-order chi connectivity index (χ1) is 15.1. The molecule has 1 saturated heterocycles. The molecule has 1 aliphatic rings. The van der Waals surface area contributed by atoms with E-state index >= 15 is 0 Å². The summed E-state index contributed by atoms with van der Waals surface area (Å²) in [4.78, 5) is 40.3. The molecule has 6 heteroatoms. The number of hydrogen-bond donors (Lipinski definition) is 1. The Kier molecular flexibility index (Phi) is 6.19. The van der Waals surface area contributed by atoms with Crippen molar-refractivity contribution in [2.75, 3.05) is 31.6 Å². The van der Waals surface area contributed by atoms with Crippen LogP contribution in [-0.4, -0.2) is 48.8 Å². The van der Waals surface area contributed by atoms with E-state index in [0.29, 0.717) is 48.7 Å². The van der Waals surface area contributed by atoms with Crippen LogP contribution in [0.15, 0.2) is 78.9 Å².